The molecule has 3 aromatic carbocycles. The van der Waals surface area contributed by atoms with Crippen LogP contribution in [0.15, 0.2) is 84.6 Å². The molecule has 1 atom stereocenters. The molecule has 0 spiro atoms. The van der Waals surface area contributed by atoms with E-state index in [0.717, 1.165) is 5.56 Å². The van der Waals surface area contributed by atoms with Gasteiger partial charge in [0.2, 0.25) is 0 Å². The Hall–Kier alpha value is -3.60. The van der Waals surface area contributed by atoms with E-state index in [1.165, 1.54) is 6.07 Å². The van der Waals surface area contributed by atoms with E-state index in [1.54, 1.807) is 54.5 Å². The first-order valence-corrected chi connectivity index (χ1v) is 9.77. The maximum absolute atomic E-state index is 14.8. The van der Waals surface area contributed by atoms with Gasteiger partial charge in [-0.1, -0.05) is 60.7 Å². The number of amides is 1. The molecule has 0 saturated carbocycles. The zero-order valence-corrected chi connectivity index (χ0v) is 16.6. The Morgan fingerprint density at radius 3 is 2.30 bits per heavy atom. The Balaban J connectivity index is 1.75. The van der Waals surface area contributed by atoms with Crippen LogP contribution >= 0.6 is 0 Å². The number of carbonyl (C=O) groups excluding carboxylic acids is 1. The van der Waals surface area contributed by atoms with Crippen LogP contribution in [0.25, 0.3) is 5.57 Å². The molecule has 0 fully saturated rings. The first-order valence-electron chi connectivity index (χ1n) is 9.77. The summed E-state index contributed by atoms with van der Waals surface area (Å²) in [6.45, 7) is 0.353. The maximum atomic E-state index is 14.8. The first-order chi connectivity index (χ1) is 14.6. The van der Waals surface area contributed by atoms with Crippen molar-refractivity contribution >= 4 is 11.5 Å². The standard InChI is InChI=1S/C25H22FNO3/c1-30-19-13-11-18(12-14-19)22-23(20-9-5-6-10-21(20)26)27(25(29)24(22)28)16-15-17-7-3-2-4-8-17/h2-14,23,28H,15-16H2,1H3/t23-/m1/s1. The summed E-state index contributed by atoms with van der Waals surface area (Å²) < 4.78 is 20.0. The number of ether oxygens (including phenoxy) is 1. The highest BCUT2D eigenvalue weighted by molar-refractivity contribution is 6.05. The number of halogens is 1. The average Bonchev–Trinajstić information content (AvgIpc) is 3.03. The molecular weight excluding hydrogens is 381 g/mol. The van der Waals surface area contributed by atoms with E-state index >= 15 is 0 Å². The number of nitrogens with zero attached hydrogens (tertiary/aromatic N) is 1. The van der Waals surface area contributed by atoms with Crippen LogP contribution in [0.5, 0.6) is 5.75 Å². The van der Waals surface area contributed by atoms with Gasteiger partial charge in [-0.05, 0) is 35.7 Å². The third-order valence-corrected chi connectivity index (χ3v) is 5.39. The number of aliphatic hydroxyl groups is 1. The Kier molecular flexibility index (Phi) is 5.53. The fourth-order valence-electron chi connectivity index (χ4n) is 3.86. The maximum Gasteiger partial charge on any atom is 0.289 e. The zero-order valence-electron chi connectivity index (χ0n) is 16.6. The quantitative estimate of drug-likeness (QED) is 0.635. The third-order valence-electron chi connectivity index (χ3n) is 5.39. The number of carbonyl (C=O) groups is 1. The van der Waals surface area contributed by atoms with Gasteiger partial charge in [0.1, 0.15) is 11.6 Å². The number of hydrogen-bond acceptors (Lipinski definition) is 3. The summed E-state index contributed by atoms with van der Waals surface area (Å²) >= 11 is 0. The van der Waals surface area contributed by atoms with Crippen molar-refractivity contribution in [2.75, 3.05) is 13.7 Å². The van der Waals surface area contributed by atoms with Crippen LogP contribution in [0.2, 0.25) is 0 Å². The molecule has 1 heterocycles. The van der Waals surface area contributed by atoms with E-state index in [1.807, 2.05) is 30.3 Å². The van der Waals surface area contributed by atoms with Crippen molar-refractivity contribution < 1.29 is 19.0 Å². The van der Waals surface area contributed by atoms with Gasteiger partial charge in [-0.2, -0.15) is 0 Å². The largest absolute Gasteiger partial charge is 0.503 e. The number of aliphatic hydroxyl groups excluding tert-OH is 1. The van der Waals surface area contributed by atoms with Crippen molar-refractivity contribution in [1.82, 2.24) is 4.90 Å². The molecular formula is C25H22FNO3. The Morgan fingerprint density at radius 2 is 1.63 bits per heavy atom. The Morgan fingerprint density at radius 1 is 0.967 bits per heavy atom. The second kappa shape index (κ2) is 8.41. The van der Waals surface area contributed by atoms with Gasteiger partial charge in [0.25, 0.3) is 5.91 Å². The fraction of sp³-hybridized carbons (Fsp3) is 0.160. The average molecular weight is 403 g/mol. The highest BCUT2D eigenvalue weighted by Crippen LogP contribution is 2.44. The van der Waals surface area contributed by atoms with Gasteiger partial charge in [0.05, 0.1) is 13.2 Å². The van der Waals surface area contributed by atoms with Gasteiger partial charge in [0.15, 0.2) is 5.76 Å². The molecule has 1 aliphatic heterocycles. The van der Waals surface area contributed by atoms with Gasteiger partial charge in [0, 0.05) is 17.7 Å². The monoisotopic (exact) mass is 403 g/mol. The predicted octanol–water partition coefficient (Wildman–Crippen LogP) is 4.93. The van der Waals surface area contributed by atoms with Crippen molar-refractivity contribution in [2.24, 2.45) is 0 Å². The SMILES string of the molecule is COc1ccc(C2=C(O)C(=O)N(CCc3ccccc3)[C@@H]2c2ccccc2F)cc1. The zero-order chi connectivity index (χ0) is 21.1. The molecule has 0 bridgehead atoms. The van der Waals surface area contributed by atoms with Crippen LogP contribution in [0, 0.1) is 5.82 Å². The lowest BCUT2D eigenvalue weighted by Gasteiger charge is -2.27. The van der Waals surface area contributed by atoms with Gasteiger partial charge >= 0.3 is 0 Å². The number of hydrogen-bond donors (Lipinski definition) is 1. The smallest absolute Gasteiger partial charge is 0.289 e. The molecule has 1 aliphatic rings. The van der Waals surface area contributed by atoms with Gasteiger partial charge in [-0.15, -0.1) is 0 Å². The molecule has 0 saturated heterocycles. The van der Waals surface area contributed by atoms with Gasteiger partial charge in [-0.25, -0.2) is 4.39 Å². The van der Waals surface area contributed by atoms with Crippen molar-refractivity contribution in [2.45, 2.75) is 12.5 Å². The number of benzene rings is 3. The molecule has 4 rings (SSSR count). The van der Waals surface area contributed by atoms with Crippen molar-refractivity contribution in [1.29, 1.82) is 0 Å². The van der Waals surface area contributed by atoms with Crippen LogP contribution < -0.4 is 4.74 Å². The van der Waals surface area contributed by atoms with Crippen LogP contribution in [0.3, 0.4) is 0 Å². The summed E-state index contributed by atoms with van der Waals surface area (Å²) in [4.78, 5) is 14.5. The summed E-state index contributed by atoms with van der Waals surface area (Å²) in [6, 6.07) is 22.5. The lowest BCUT2D eigenvalue weighted by molar-refractivity contribution is -0.129. The molecule has 3 aromatic rings. The summed E-state index contributed by atoms with van der Waals surface area (Å²) in [5, 5.41) is 10.8. The molecule has 1 amide bonds. The summed E-state index contributed by atoms with van der Waals surface area (Å²) in [6.07, 6.45) is 0.598. The molecule has 0 aromatic heterocycles. The Bertz CT molecular complexity index is 1080. The summed E-state index contributed by atoms with van der Waals surface area (Å²) in [5.74, 6) is -0.598. The molecule has 0 radical (unpaired) electrons. The van der Waals surface area contributed by atoms with E-state index in [9.17, 15) is 14.3 Å². The number of rotatable bonds is 6. The molecule has 0 unspecified atom stereocenters. The molecule has 1 N–H and O–H groups in total. The minimum Gasteiger partial charge on any atom is -0.503 e. The number of methoxy groups -OCH3 is 1. The van der Waals surface area contributed by atoms with Gasteiger partial charge < -0.3 is 14.7 Å². The topological polar surface area (TPSA) is 49.8 Å². The van der Waals surface area contributed by atoms with Gasteiger partial charge in [-0.3, -0.25) is 4.79 Å². The van der Waals surface area contributed by atoms with Crippen LogP contribution in [-0.2, 0) is 11.2 Å². The van der Waals surface area contributed by atoms with Crippen molar-refractivity contribution in [3.05, 3.63) is 107 Å². The first kappa shape index (κ1) is 19.7. The fourth-order valence-corrected chi connectivity index (χ4v) is 3.86. The predicted molar refractivity (Wildman–Crippen MR) is 114 cm³/mol. The van der Waals surface area contributed by atoms with Crippen LogP contribution in [0.4, 0.5) is 4.39 Å². The third kappa shape index (κ3) is 3.66. The van der Waals surface area contributed by atoms with E-state index in [-0.39, 0.29) is 5.76 Å². The Labute approximate surface area is 174 Å². The lowest BCUT2D eigenvalue weighted by atomic mass is 9.93. The minimum atomic E-state index is -0.712. The molecule has 152 valence electrons. The minimum absolute atomic E-state index is 0.346. The van der Waals surface area contributed by atoms with Crippen molar-refractivity contribution in [3.63, 3.8) is 0 Å². The normalized spacial score (nSPS) is 16.3. The summed E-state index contributed by atoms with van der Waals surface area (Å²) in [5.41, 5.74) is 2.47. The van der Waals surface area contributed by atoms with E-state index < -0.39 is 17.8 Å². The molecule has 0 aliphatic carbocycles. The van der Waals surface area contributed by atoms with Crippen LogP contribution in [0.1, 0.15) is 22.7 Å². The van der Waals surface area contributed by atoms with E-state index in [2.05, 4.69) is 0 Å². The van der Waals surface area contributed by atoms with E-state index in [4.69, 9.17) is 4.74 Å². The summed E-state index contributed by atoms with van der Waals surface area (Å²) in [7, 11) is 1.57. The second-order valence-electron chi connectivity index (χ2n) is 7.15. The van der Waals surface area contributed by atoms with Crippen LogP contribution in [-0.4, -0.2) is 29.6 Å². The lowest BCUT2D eigenvalue weighted by Crippen LogP contribution is -2.32. The molecule has 4 nitrogen and oxygen atoms in total. The van der Waals surface area contributed by atoms with Crippen molar-refractivity contribution in [3.8, 4) is 5.75 Å². The second-order valence-corrected chi connectivity index (χ2v) is 7.15. The highest BCUT2D eigenvalue weighted by Gasteiger charge is 2.41. The highest BCUT2D eigenvalue weighted by atomic mass is 19.1. The molecule has 5 heteroatoms. The van der Waals surface area contributed by atoms with E-state index in [0.29, 0.717) is 35.4 Å². The molecule has 30 heavy (non-hydrogen) atoms.